The third kappa shape index (κ3) is 2.47. The Kier molecular flexibility index (Phi) is 3.03. The van der Waals surface area contributed by atoms with Gasteiger partial charge >= 0.3 is 6.18 Å². The lowest BCUT2D eigenvalue weighted by Gasteiger charge is -2.11. The third-order valence-corrected chi connectivity index (χ3v) is 2.65. The Balaban J connectivity index is 2.57. The average Bonchev–Trinajstić information content (AvgIpc) is 2.28. The van der Waals surface area contributed by atoms with Crippen LogP contribution in [0, 0.1) is 6.92 Å². The molecule has 0 aromatic heterocycles. The Morgan fingerprint density at radius 3 is 2.33 bits per heavy atom. The van der Waals surface area contributed by atoms with Crippen LogP contribution < -0.4 is 0 Å². The van der Waals surface area contributed by atoms with Gasteiger partial charge in [-0.3, -0.25) is 0 Å². The van der Waals surface area contributed by atoms with Gasteiger partial charge in [0.15, 0.2) is 0 Å². The second-order valence-electron chi connectivity index (χ2n) is 4.10. The van der Waals surface area contributed by atoms with Gasteiger partial charge in [-0.1, -0.05) is 29.8 Å². The summed E-state index contributed by atoms with van der Waals surface area (Å²) < 4.78 is 37.8. The van der Waals surface area contributed by atoms with Crippen LogP contribution in [0.4, 0.5) is 13.2 Å². The highest BCUT2D eigenvalue weighted by molar-refractivity contribution is 5.71. The van der Waals surface area contributed by atoms with E-state index >= 15 is 0 Å². The van der Waals surface area contributed by atoms with Crippen molar-refractivity contribution in [1.82, 2.24) is 0 Å². The van der Waals surface area contributed by atoms with E-state index in [0.29, 0.717) is 5.56 Å². The Hall–Kier alpha value is -1.97. The molecule has 94 valence electrons. The highest BCUT2D eigenvalue weighted by atomic mass is 19.4. The predicted octanol–water partition coefficient (Wildman–Crippen LogP) is 4.39. The van der Waals surface area contributed by atoms with Crippen molar-refractivity contribution in [2.75, 3.05) is 0 Å². The summed E-state index contributed by atoms with van der Waals surface area (Å²) in [6.45, 7) is 1.84. The highest BCUT2D eigenvalue weighted by Gasteiger charge is 2.31. The molecule has 0 aliphatic carbocycles. The number of hydrogen-bond donors (Lipinski definition) is 1. The first-order chi connectivity index (χ1) is 8.38. The van der Waals surface area contributed by atoms with E-state index < -0.39 is 11.7 Å². The number of rotatable bonds is 1. The molecule has 0 fully saturated rings. The van der Waals surface area contributed by atoms with Gasteiger partial charge in [0.2, 0.25) is 0 Å². The van der Waals surface area contributed by atoms with Crippen LogP contribution in [0.3, 0.4) is 0 Å². The topological polar surface area (TPSA) is 20.2 Å². The minimum atomic E-state index is -4.41. The largest absolute Gasteiger partial charge is 0.507 e. The SMILES string of the molecule is Cc1cccc(-c2cc(C(F)(F)F)ccc2O)c1. The summed E-state index contributed by atoms with van der Waals surface area (Å²) in [5.41, 5.74) is 0.910. The van der Waals surface area contributed by atoms with Gasteiger partial charge in [0.25, 0.3) is 0 Å². The van der Waals surface area contributed by atoms with Gasteiger partial charge in [0.1, 0.15) is 5.75 Å². The first-order valence-corrected chi connectivity index (χ1v) is 5.35. The van der Waals surface area contributed by atoms with Crippen molar-refractivity contribution >= 4 is 0 Å². The molecule has 0 atom stereocenters. The molecule has 0 saturated heterocycles. The van der Waals surface area contributed by atoms with Crippen molar-refractivity contribution in [1.29, 1.82) is 0 Å². The molecule has 0 amide bonds. The molecule has 1 nitrogen and oxygen atoms in total. The summed E-state index contributed by atoms with van der Waals surface area (Å²) >= 11 is 0. The van der Waals surface area contributed by atoms with Crippen LogP contribution in [0.2, 0.25) is 0 Å². The molecule has 2 aromatic rings. The monoisotopic (exact) mass is 252 g/mol. The molecule has 0 spiro atoms. The van der Waals surface area contributed by atoms with E-state index in [9.17, 15) is 18.3 Å². The lowest BCUT2D eigenvalue weighted by Crippen LogP contribution is -2.04. The van der Waals surface area contributed by atoms with Crippen LogP contribution in [0.25, 0.3) is 11.1 Å². The quantitative estimate of drug-likeness (QED) is 0.798. The molecular weight excluding hydrogens is 241 g/mol. The minimum absolute atomic E-state index is 0.159. The van der Waals surface area contributed by atoms with Crippen molar-refractivity contribution in [2.24, 2.45) is 0 Å². The standard InChI is InChI=1S/C14H11F3O/c1-9-3-2-4-10(7-9)12-8-11(14(15,16)17)5-6-13(12)18/h2-8,18H,1H3. The summed E-state index contributed by atoms with van der Waals surface area (Å²) in [6, 6.07) is 9.88. The van der Waals surface area contributed by atoms with E-state index in [-0.39, 0.29) is 11.3 Å². The van der Waals surface area contributed by atoms with E-state index in [1.54, 1.807) is 18.2 Å². The van der Waals surface area contributed by atoms with Gasteiger partial charge in [-0.25, -0.2) is 0 Å². The highest BCUT2D eigenvalue weighted by Crippen LogP contribution is 2.36. The summed E-state index contributed by atoms with van der Waals surface area (Å²) in [4.78, 5) is 0. The van der Waals surface area contributed by atoms with Gasteiger partial charge in [-0.05, 0) is 30.7 Å². The molecular formula is C14H11F3O. The Bertz CT molecular complexity index is 573. The lowest BCUT2D eigenvalue weighted by atomic mass is 10.0. The van der Waals surface area contributed by atoms with E-state index in [2.05, 4.69) is 0 Å². The van der Waals surface area contributed by atoms with Crippen LogP contribution in [0.1, 0.15) is 11.1 Å². The molecule has 0 heterocycles. The van der Waals surface area contributed by atoms with E-state index in [1.165, 1.54) is 0 Å². The summed E-state index contributed by atoms with van der Waals surface area (Å²) in [5.74, 6) is -0.159. The molecule has 2 aromatic carbocycles. The molecule has 0 aliphatic heterocycles. The molecule has 18 heavy (non-hydrogen) atoms. The molecule has 0 aliphatic rings. The summed E-state index contributed by atoms with van der Waals surface area (Å²) in [7, 11) is 0. The second kappa shape index (κ2) is 4.37. The number of phenolic OH excluding ortho intramolecular Hbond substituents is 1. The maximum atomic E-state index is 12.6. The Morgan fingerprint density at radius 1 is 1.00 bits per heavy atom. The Labute approximate surface area is 103 Å². The van der Waals surface area contributed by atoms with Crippen molar-refractivity contribution in [3.8, 4) is 16.9 Å². The van der Waals surface area contributed by atoms with Gasteiger partial charge in [-0.15, -0.1) is 0 Å². The van der Waals surface area contributed by atoms with Crippen molar-refractivity contribution in [3.05, 3.63) is 53.6 Å². The molecule has 4 heteroatoms. The average molecular weight is 252 g/mol. The van der Waals surface area contributed by atoms with Gasteiger partial charge in [-0.2, -0.15) is 13.2 Å². The molecule has 0 radical (unpaired) electrons. The smallest absolute Gasteiger partial charge is 0.416 e. The van der Waals surface area contributed by atoms with E-state index in [4.69, 9.17) is 0 Å². The molecule has 2 rings (SSSR count). The minimum Gasteiger partial charge on any atom is -0.507 e. The third-order valence-electron chi connectivity index (χ3n) is 2.65. The van der Waals surface area contributed by atoms with E-state index in [1.807, 2.05) is 13.0 Å². The van der Waals surface area contributed by atoms with Crippen LogP contribution in [0.5, 0.6) is 5.75 Å². The predicted molar refractivity (Wildman–Crippen MR) is 63.3 cm³/mol. The summed E-state index contributed by atoms with van der Waals surface area (Å²) in [5, 5.41) is 9.68. The zero-order valence-corrected chi connectivity index (χ0v) is 9.62. The fourth-order valence-electron chi connectivity index (χ4n) is 1.76. The summed E-state index contributed by atoms with van der Waals surface area (Å²) in [6.07, 6.45) is -4.41. The van der Waals surface area contributed by atoms with Gasteiger partial charge in [0.05, 0.1) is 5.56 Å². The molecule has 0 unspecified atom stereocenters. The number of aromatic hydroxyl groups is 1. The number of hydrogen-bond acceptors (Lipinski definition) is 1. The van der Waals surface area contributed by atoms with Crippen LogP contribution in [-0.4, -0.2) is 5.11 Å². The van der Waals surface area contributed by atoms with Crippen molar-refractivity contribution < 1.29 is 18.3 Å². The first-order valence-electron chi connectivity index (χ1n) is 5.35. The van der Waals surface area contributed by atoms with E-state index in [0.717, 1.165) is 23.8 Å². The lowest BCUT2D eigenvalue weighted by molar-refractivity contribution is -0.137. The number of benzene rings is 2. The number of aryl methyl sites for hydroxylation is 1. The fraction of sp³-hybridized carbons (Fsp3) is 0.143. The Morgan fingerprint density at radius 2 is 1.72 bits per heavy atom. The number of alkyl halides is 3. The molecule has 0 bridgehead atoms. The number of halogens is 3. The fourth-order valence-corrected chi connectivity index (χ4v) is 1.76. The number of phenols is 1. The van der Waals surface area contributed by atoms with Crippen LogP contribution >= 0.6 is 0 Å². The van der Waals surface area contributed by atoms with Crippen LogP contribution in [0.15, 0.2) is 42.5 Å². The normalized spacial score (nSPS) is 11.6. The van der Waals surface area contributed by atoms with Crippen molar-refractivity contribution in [3.63, 3.8) is 0 Å². The van der Waals surface area contributed by atoms with Crippen molar-refractivity contribution in [2.45, 2.75) is 13.1 Å². The zero-order chi connectivity index (χ0) is 13.3. The van der Waals surface area contributed by atoms with Gasteiger partial charge < -0.3 is 5.11 Å². The maximum absolute atomic E-state index is 12.6. The first kappa shape index (κ1) is 12.5. The molecule has 1 N–H and O–H groups in total. The second-order valence-corrected chi connectivity index (χ2v) is 4.10. The van der Waals surface area contributed by atoms with Gasteiger partial charge in [0, 0.05) is 5.56 Å². The maximum Gasteiger partial charge on any atom is 0.416 e. The van der Waals surface area contributed by atoms with Crippen LogP contribution in [-0.2, 0) is 6.18 Å². The zero-order valence-electron chi connectivity index (χ0n) is 9.62. The molecule has 0 saturated carbocycles.